The van der Waals surface area contributed by atoms with Crippen molar-refractivity contribution in [1.29, 1.82) is 0 Å². The van der Waals surface area contributed by atoms with Crippen LogP contribution >= 0.6 is 0 Å². The Hall–Kier alpha value is -2.53. The molecule has 2 heteroatoms. The Labute approximate surface area is 131 Å². The van der Waals surface area contributed by atoms with Crippen LogP contribution in [0.2, 0.25) is 0 Å². The summed E-state index contributed by atoms with van der Waals surface area (Å²) in [5, 5.41) is 0. The molecule has 0 amide bonds. The van der Waals surface area contributed by atoms with E-state index >= 15 is 0 Å². The van der Waals surface area contributed by atoms with Crippen LogP contribution in [0.5, 0.6) is 0 Å². The lowest BCUT2D eigenvalue weighted by atomic mass is 9.93. The number of carbonyl (C=O) groups is 1. The summed E-state index contributed by atoms with van der Waals surface area (Å²) in [5.74, 6) is 7.30. The molecule has 0 radical (unpaired) electrons. The summed E-state index contributed by atoms with van der Waals surface area (Å²) in [5.41, 5.74) is 8.07. The molecule has 110 valence electrons. The molecule has 3 rings (SSSR count). The van der Waals surface area contributed by atoms with Crippen molar-refractivity contribution < 1.29 is 4.79 Å². The third kappa shape index (κ3) is 3.56. The van der Waals surface area contributed by atoms with Crippen molar-refractivity contribution in [3.05, 3.63) is 65.7 Å². The van der Waals surface area contributed by atoms with Crippen LogP contribution in [-0.2, 0) is 0 Å². The molecule has 1 saturated carbocycles. The molecule has 2 aromatic carbocycles. The van der Waals surface area contributed by atoms with Crippen molar-refractivity contribution in [1.82, 2.24) is 0 Å². The Morgan fingerprint density at radius 2 is 1.77 bits per heavy atom. The number of ketones is 1. The maximum Gasteiger partial charge on any atom is 0.166 e. The highest BCUT2D eigenvalue weighted by Crippen LogP contribution is 2.39. The van der Waals surface area contributed by atoms with E-state index in [0.29, 0.717) is 23.6 Å². The minimum Gasteiger partial charge on any atom is -0.398 e. The maximum absolute atomic E-state index is 12.5. The third-order valence-electron chi connectivity index (χ3n) is 4.03. The maximum atomic E-state index is 12.5. The smallest absolute Gasteiger partial charge is 0.166 e. The normalized spacial score (nSPS) is 14.7. The zero-order valence-corrected chi connectivity index (χ0v) is 12.5. The summed E-state index contributed by atoms with van der Waals surface area (Å²) in [6, 6.07) is 17.2. The lowest BCUT2D eigenvalue weighted by Gasteiger charge is -2.10. The van der Waals surface area contributed by atoms with E-state index in [9.17, 15) is 4.79 Å². The molecule has 0 saturated heterocycles. The zero-order chi connectivity index (χ0) is 15.4. The number of nitrogen functional groups attached to an aromatic ring is 1. The molecule has 1 aliphatic carbocycles. The van der Waals surface area contributed by atoms with Crippen LogP contribution in [0.4, 0.5) is 5.69 Å². The second-order valence-corrected chi connectivity index (χ2v) is 5.79. The van der Waals surface area contributed by atoms with E-state index in [4.69, 9.17) is 5.73 Å². The van der Waals surface area contributed by atoms with Crippen molar-refractivity contribution >= 4 is 11.5 Å². The molecule has 1 aliphatic rings. The second-order valence-electron chi connectivity index (χ2n) is 5.79. The average Bonchev–Trinajstić information content (AvgIpc) is 3.37. The first kappa shape index (κ1) is 14.4. The highest BCUT2D eigenvalue weighted by molar-refractivity contribution is 6.01. The van der Waals surface area contributed by atoms with Crippen molar-refractivity contribution in [2.24, 2.45) is 11.8 Å². The lowest BCUT2D eigenvalue weighted by Crippen LogP contribution is -2.11. The third-order valence-corrected chi connectivity index (χ3v) is 4.03. The summed E-state index contributed by atoms with van der Waals surface area (Å²) in [6.07, 6.45) is 2.80. The van der Waals surface area contributed by atoms with Gasteiger partial charge in [-0.15, -0.1) is 0 Å². The molecule has 2 nitrogen and oxygen atoms in total. The molecule has 22 heavy (non-hydrogen) atoms. The van der Waals surface area contributed by atoms with Gasteiger partial charge in [0.15, 0.2) is 5.78 Å². The van der Waals surface area contributed by atoms with Crippen LogP contribution in [0.1, 0.15) is 35.2 Å². The van der Waals surface area contributed by atoms with Gasteiger partial charge in [0, 0.05) is 29.2 Å². The van der Waals surface area contributed by atoms with Gasteiger partial charge in [-0.05, 0) is 43.0 Å². The summed E-state index contributed by atoms with van der Waals surface area (Å²) in [7, 11) is 0. The fourth-order valence-corrected chi connectivity index (χ4v) is 2.59. The van der Waals surface area contributed by atoms with Gasteiger partial charge in [0.2, 0.25) is 0 Å². The number of para-hydroxylation sites is 1. The molecule has 2 aromatic rings. The second kappa shape index (κ2) is 6.49. The molecule has 0 bridgehead atoms. The van der Waals surface area contributed by atoms with Crippen molar-refractivity contribution in [2.45, 2.75) is 19.3 Å². The molecular formula is C20H19NO. The lowest BCUT2D eigenvalue weighted by molar-refractivity contribution is 0.0968. The summed E-state index contributed by atoms with van der Waals surface area (Å²) in [6.45, 7) is 0. The van der Waals surface area contributed by atoms with Crippen LogP contribution in [0.3, 0.4) is 0 Å². The molecule has 2 N–H and O–H groups in total. The number of hydrogen-bond donors (Lipinski definition) is 1. The quantitative estimate of drug-likeness (QED) is 0.526. The minimum absolute atomic E-state index is 0.0948. The van der Waals surface area contributed by atoms with E-state index in [-0.39, 0.29) is 11.7 Å². The van der Waals surface area contributed by atoms with E-state index in [2.05, 4.69) is 11.8 Å². The van der Waals surface area contributed by atoms with E-state index in [1.165, 1.54) is 12.8 Å². The molecule has 0 aromatic heterocycles. The SMILES string of the molecule is Nc1ccccc1C(=O)C[C@@H](C#Cc1ccccc1)C1CC1. The van der Waals surface area contributed by atoms with Crippen LogP contribution in [0.25, 0.3) is 0 Å². The van der Waals surface area contributed by atoms with Gasteiger partial charge in [-0.25, -0.2) is 0 Å². The van der Waals surface area contributed by atoms with Crippen molar-refractivity contribution in [3.8, 4) is 11.8 Å². The first-order valence-electron chi connectivity index (χ1n) is 7.68. The topological polar surface area (TPSA) is 43.1 Å². The average molecular weight is 289 g/mol. The number of hydrogen-bond acceptors (Lipinski definition) is 2. The highest BCUT2D eigenvalue weighted by atomic mass is 16.1. The Morgan fingerprint density at radius 1 is 1.09 bits per heavy atom. The Kier molecular flexibility index (Phi) is 4.25. The van der Waals surface area contributed by atoms with Gasteiger partial charge in [-0.2, -0.15) is 0 Å². The summed E-state index contributed by atoms with van der Waals surface area (Å²) < 4.78 is 0. The molecule has 1 fully saturated rings. The van der Waals surface area contributed by atoms with Crippen LogP contribution < -0.4 is 5.73 Å². The van der Waals surface area contributed by atoms with Gasteiger partial charge in [-0.3, -0.25) is 4.79 Å². The molecule has 0 spiro atoms. The minimum atomic E-state index is 0.0948. The summed E-state index contributed by atoms with van der Waals surface area (Å²) >= 11 is 0. The largest absolute Gasteiger partial charge is 0.398 e. The Morgan fingerprint density at radius 3 is 2.45 bits per heavy atom. The zero-order valence-electron chi connectivity index (χ0n) is 12.5. The van der Waals surface area contributed by atoms with Gasteiger partial charge in [0.05, 0.1) is 0 Å². The van der Waals surface area contributed by atoms with E-state index < -0.39 is 0 Å². The Balaban J connectivity index is 1.74. The molecule has 0 unspecified atom stereocenters. The van der Waals surface area contributed by atoms with Gasteiger partial charge >= 0.3 is 0 Å². The van der Waals surface area contributed by atoms with E-state index in [0.717, 1.165) is 5.56 Å². The number of anilines is 1. The predicted molar refractivity (Wildman–Crippen MR) is 89.3 cm³/mol. The number of nitrogens with two attached hydrogens (primary N) is 1. The number of rotatable bonds is 4. The fraction of sp³-hybridized carbons (Fsp3) is 0.250. The molecular weight excluding hydrogens is 270 g/mol. The summed E-state index contributed by atoms with van der Waals surface area (Å²) in [4.78, 5) is 12.5. The van der Waals surface area contributed by atoms with Crippen LogP contribution in [0, 0.1) is 23.7 Å². The fourth-order valence-electron chi connectivity index (χ4n) is 2.59. The number of benzene rings is 2. The molecule has 1 atom stereocenters. The predicted octanol–water partition coefficient (Wildman–Crippen LogP) is 3.92. The standard InChI is InChI=1S/C20H19NO/c21-19-9-5-4-8-18(19)20(22)14-17(16-12-13-16)11-10-15-6-2-1-3-7-15/h1-9,16-17H,12-14,21H2/t17-/m1/s1. The number of carbonyl (C=O) groups excluding carboxylic acids is 1. The van der Waals surface area contributed by atoms with E-state index in [1.54, 1.807) is 12.1 Å². The van der Waals surface area contributed by atoms with Gasteiger partial charge < -0.3 is 5.73 Å². The van der Waals surface area contributed by atoms with Crippen LogP contribution in [-0.4, -0.2) is 5.78 Å². The first-order chi connectivity index (χ1) is 10.7. The first-order valence-corrected chi connectivity index (χ1v) is 7.68. The van der Waals surface area contributed by atoms with Gasteiger partial charge in [0.1, 0.15) is 0 Å². The molecule has 0 aliphatic heterocycles. The van der Waals surface area contributed by atoms with Gasteiger partial charge in [0.25, 0.3) is 0 Å². The monoisotopic (exact) mass is 289 g/mol. The van der Waals surface area contributed by atoms with E-state index in [1.807, 2.05) is 42.5 Å². The Bertz CT molecular complexity index is 720. The molecule has 0 heterocycles. The van der Waals surface area contributed by atoms with Gasteiger partial charge in [-0.1, -0.05) is 42.2 Å². The van der Waals surface area contributed by atoms with Crippen molar-refractivity contribution in [2.75, 3.05) is 5.73 Å². The number of Topliss-reactive ketones (excluding diaryl/α,β-unsaturated/α-hetero) is 1. The van der Waals surface area contributed by atoms with Crippen LogP contribution in [0.15, 0.2) is 54.6 Å². The van der Waals surface area contributed by atoms with Crippen molar-refractivity contribution in [3.63, 3.8) is 0 Å². The highest BCUT2D eigenvalue weighted by Gasteiger charge is 2.31.